The van der Waals surface area contributed by atoms with Crippen LogP contribution >= 0.6 is 0 Å². The number of hydrogen-bond acceptors (Lipinski definition) is 4. The lowest BCUT2D eigenvalue weighted by Gasteiger charge is -2.21. The van der Waals surface area contributed by atoms with Crippen molar-refractivity contribution in [3.05, 3.63) is 29.8 Å². The average molecular weight is 342 g/mol. The van der Waals surface area contributed by atoms with Crippen LogP contribution in [0.2, 0.25) is 0 Å². The highest BCUT2D eigenvalue weighted by Crippen LogP contribution is 2.12. The Morgan fingerprint density at radius 1 is 1.22 bits per heavy atom. The van der Waals surface area contributed by atoms with Crippen molar-refractivity contribution in [2.45, 2.75) is 26.7 Å². The summed E-state index contributed by atoms with van der Waals surface area (Å²) in [6.45, 7) is 5.01. The van der Waals surface area contributed by atoms with Gasteiger partial charge in [-0.25, -0.2) is 12.7 Å². The number of nitrogens with zero attached hydrogens (tertiary/aromatic N) is 1. The third-order valence-electron chi connectivity index (χ3n) is 3.32. The molecule has 0 aliphatic rings. The summed E-state index contributed by atoms with van der Waals surface area (Å²) in [7, 11) is -1.82. The van der Waals surface area contributed by atoms with Gasteiger partial charge >= 0.3 is 0 Å². The van der Waals surface area contributed by atoms with E-state index >= 15 is 0 Å². The number of carbonyl (C=O) groups is 1. The molecule has 1 rings (SSSR count). The quantitative estimate of drug-likeness (QED) is 0.704. The first-order chi connectivity index (χ1) is 10.9. The highest BCUT2D eigenvalue weighted by Gasteiger charge is 2.20. The van der Waals surface area contributed by atoms with Crippen molar-refractivity contribution in [2.24, 2.45) is 0 Å². The second-order valence-corrected chi connectivity index (χ2v) is 7.29. The molecule has 0 aliphatic heterocycles. The molecule has 1 aromatic rings. The van der Waals surface area contributed by atoms with E-state index in [2.05, 4.69) is 5.32 Å². The molecule has 0 radical (unpaired) electrons. The lowest BCUT2D eigenvalue weighted by molar-refractivity contribution is 0.0955. The number of amides is 1. The largest absolute Gasteiger partial charge is 0.497 e. The van der Waals surface area contributed by atoms with Gasteiger partial charge in [0.1, 0.15) is 5.75 Å². The zero-order chi connectivity index (χ0) is 17.3. The number of benzene rings is 1. The minimum atomic E-state index is -3.34. The minimum Gasteiger partial charge on any atom is -0.497 e. The third kappa shape index (κ3) is 6.19. The number of ether oxygens (including phenoxy) is 1. The lowest BCUT2D eigenvalue weighted by Crippen LogP contribution is -2.38. The van der Waals surface area contributed by atoms with E-state index in [-0.39, 0.29) is 18.2 Å². The molecule has 23 heavy (non-hydrogen) atoms. The Morgan fingerprint density at radius 3 is 2.43 bits per heavy atom. The van der Waals surface area contributed by atoms with Crippen molar-refractivity contribution in [2.75, 3.05) is 32.5 Å². The van der Waals surface area contributed by atoms with Crippen LogP contribution in [0.5, 0.6) is 5.75 Å². The Hall–Kier alpha value is -1.60. The maximum absolute atomic E-state index is 12.3. The van der Waals surface area contributed by atoms with Crippen LogP contribution < -0.4 is 10.1 Å². The van der Waals surface area contributed by atoms with Crippen LogP contribution in [-0.2, 0) is 10.0 Å². The molecule has 0 spiro atoms. The summed E-state index contributed by atoms with van der Waals surface area (Å²) in [5.74, 6) is 0.182. The van der Waals surface area contributed by atoms with Gasteiger partial charge in [0.05, 0.1) is 12.9 Å². The zero-order valence-corrected chi connectivity index (χ0v) is 14.9. The summed E-state index contributed by atoms with van der Waals surface area (Å²) in [6.07, 6.45) is 1.55. The maximum Gasteiger partial charge on any atom is 0.251 e. The van der Waals surface area contributed by atoms with Gasteiger partial charge in [-0.2, -0.15) is 0 Å². The van der Waals surface area contributed by atoms with E-state index in [9.17, 15) is 13.2 Å². The fourth-order valence-electron chi connectivity index (χ4n) is 2.18. The standard InChI is InChI=1S/C16H26N2O4S/c1-4-10-18(11-5-2)23(20,21)12-9-17-16(19)14-7-6-8-15(13-14)22-3/h6-8,13H,4-5,9-12H2,1-3H3,(H,17,19). The van der Waals surface area contributed by atoms with E-state index in [0.717, 1.165) is 12.8 Å². The Balaban J connectivity index is 2.58. The number of hydrogen-bond donors (Lipinski definition) is 1. The SMILES string of the molecule is CCCN(CCC)S(=O)(=O)CCNC(=O)c1cccc(OC)c1. The van der Waals surface area contributed by atoms with Gasteiger partial charge in [0.2, 0.25) is 10.0 Å². The van der Waals surface area contributed by atoms with Gasteiger partial charge in [-0.05, 0) is 31.0 Å². The predicted octanol–water partition coefficient (Wildman–Crippen LogP) is 1.88. The highest BCUT2D eigenvalue weighted by atomic mass is 32.2. The van der Waals surface area contributed by atoms with E-state index in [4.69, 9.17) is 4.74 Å². The number of rotatable bonds is 10. The molecule has 0 heterocycles. The van der Waals surface area contributed by atoms with Crippen molar-refractivity contribution >= 4 is 15.9 Å². The molecule has 0 atom stereocenters. The van der Waals surface area contributed by atoms with Crippen molar-refractivity contribution in [1.82, 2.24) is 9.62 Å². The van der Waals surface area contributed by atoms with E-state index in [0.29, 0.717) is 24.4 Å². The van der Waals surface area contributed by atoms with Crippen LogP contribution in [0.4, 0.5) is 0 Å². The van der Waals surface area contributed by atoms with Gasteiger partial charge in [-0.3, -0.25) is 4.79 Å². The van der Waals surface area contributed by atoms with Crippen molar-refractivity contribution < 1.29 is 17.9 Å². The van der Waals surface area contributed by atoms with Gasteiger partial charge in [0.15, 0.2) is 0 Å². The topological polar surface area (TPSA) is 75.7 Å². The Labute approximate surface area is 138 Å². The smallest absolute Gasteiger partial charge is 0.251 e. The monoisotopic (exact) mass is 342 g/mol. The third-order valence-corrected chi connectivity index (χ3v) is 5.19. The molecule has 0 saturated carbocycles. The zero-order valence-electron chi connectivity index (χ0n) is 14.0. The Bertz CT molecular complexity index is 596. The number of nitrogens with one attached hydrogen (secondary N) is 1. The van der Waals surface area contributed by atoms with Crippen LogP contribution in [-0.4, -0.2) is 51.1 Å². The number of methoxy groups -OCH3 is 1. The van der Waals surface area contributed by atoms with Crippen LogP contribution in [0, 0.1) is 0 Å². The lowest BCUT2D eigenvalue weighted by atomic mass is 10.2. The van der Waals surface area contributed by atoms with E-state index in [1.807, 2.05) is 13.8 Å². The summed E-state index contributed by atoms with van der Waals surface area (Å²) in [5.41, 5.74) is 0.445. The van der Waals surface area contributed by atoms with Gasteiger partial charge in [-0.15, -0.1) is 0 Å². The highest BCUT2D eigenvalue weighted by molar-refractivity contribution is 7.89. The molecular formula is C16H26N2O4S. The second kappa shape index (κ2) is 9.52. The fourth-order valence-corrected chi connectivity index (χ4v) is 3.72. The van der Waals surface area contributed by atoms with E-state index in [1.165, 1.54) is 11.4 Å². The Kier molecular flexibility index (Phi) is 8.05. The van der Waals surface area contributed by atoms with Crippen LogP contribution in [0.1, 0.15) is 37.0 Å². The number of sulfonamides is 1. The fraction of sp³-hybridized carbons (Fsp3) is 0.562. The number of carbonyl (C=O) groups excluding carboxylic acids is 1. The van der Waals surface area contributed by atoms with Crippen molar-refractivity contribution in [1.29, 1.82) is 0 Å². The molecule has 1 N–H and O–H groups in total. The van der Waals surface area contributed by atoms with Gasteiger partial charge in [0.25, 0.3) is 5.91 Å². The van der Waals surface area contributed by atoms with Crippen molar-refractivity contribution in [3.8, 4) is 5.75 Å². The summed E-state index contributed by atoms with van der Waals surface area (Å²) in [5, 5.41) is 2.65. The summed E-state index contributed by atoms with van der Waals surface area (Å²) in [6, 6.07) is 6.74. The molecule has 6 nitrogen and oxygen atoms in total. The molecule has 0 aliphatic carbocycles. The molecule has 0 aromatic heterocycles. The molecule has 0 saturated heterocycles. The molecule has 1 aromatic carbocycles. The van der Waals surface area contributed by atoms with Gasteiger partial charge in [-0.1, -0.05) is 19.9 Å². The molecule has 7 heteroatoms. The first kappa shape index (κ1) is 19.4. The first-order valence-electron chi connectivity index (χ1n) is 7.84. The molecule has 0 unspecified atom stereocenters. The van der Waals surface area contributed by atoms with Gasteiger partial charge < -0.3 is 10.1 Å². The summed E-state index contributed by atoms with van der Waals surface area (Å²) < 4.78 is 31.1. The van der Waals surface area contributed by atoms with E-state index in [1.54, 1.807) is 24.3 Å². The Morgan fingerprint density at radius 2 is 1.87 bits per heavy atom. The summed E-state index contributed by atoms with van der Waals surface area (Å²) in [4.78, 5) is 12.0. The van der Waals surface area contributed by atoms with Crippen molar-refractivity contribution in [3.63, 3.8) is 0 Å². The van der Waals surface area contributed by atoms with Crippen LogP contribution in [0.3, 0.4) is 0 Å². The first-order valence-corrected chi connectivity index (χ1v) is 9.45. The van der Waals surface area contributed by atoms with Crippen LogP contribution in [0.25, 0.3) is 0 Å². The minimum absolute atomic E-state index is 0.0856. The second-order valence-electron chi connectivity index (χ2n) is 5.20. The molecule has 130 valence electrons. The van der Waals surface area contributed by atoms with Crippen LogP contribution in [0.15, 0.2) is 24.3 Å². The normalized spacial score (nSPS) is 11.5. The predicted molar refractivity (Wildman–Crippen MR) is 91.3 cm³/mol. The molecule has 0 fully saturated rings. The molecule has 0 bridgehead atoms. The van der Waals surface area contributed by atoms with Gasteiger partial charge in [0, 0.05) is 25.2 Å². The summed E-state index contributed by atoms with van der Waals surface area (Å²) >= 11 is 0. The average Bonchev–Trinajstić information content (AvgIpc) is 2.54. The molecule has 1 amide bonds. The van der Waals surface area contributed by atoms with E-state index < -0.39 is 10.0 Å². The maximum atomic E-state index is 12.3. The molecular weight excluding hydrogens is 316 g/mol.